The van der Waals surface area contributed by atoms with Crippen LogP contribution in [-0.4, -0.2) is 61.0 Å². The number of hydrogen-bond donors (Lipinski definition) is 4. The topological polar surface area (TPSA) is 143 Å². The predicted molar refractivity (Wildman–Crippen MR) is 168 cm³/mol. The first-order valence-electron chi connectivity index (χ1n) is 14.0. The molecule has 2 rings (SSSR count). The second kappa shape index (κ2) is 25.2. The van der Waals surface area contributed by atoms with Crippen LogP contribution in [0.15, 0.2) is 54.6 Å². The average molecular weight is 646 g/mol. The number of aliphatic hydroxyl groups is 1. The van der Waals surface area contributed by atoms with Crippen LogP contribution in [0.4, 0.5) is 18.0 Å². The van der Waals surface area contributed by atoms with Gasteiger partial charge in [-0.15, -0.1) is 13.2 Å². The molecule has 0 aliphatic carbocycles. The van der Waals surface area contributed by atoms with E-state index in [0.29, 0.717) is 18.4 Å². The molecule has 13 heteroatoms. The van der Waals surface area contributed by atoms with Crippen molar-refractivity contribution in [2.45, 2.75) is 92.8 Å². The monoisotopic (exact) mass is 645 g/mol. The van der Waals surface area contributed by atoms with Crippen molar-refractivity contribution in [2.75, 3.05) is 13.7 Å². The lowest BCUT2D eigenvalue weighted by Gasteiger charge is -2.21. The van der Waals surface area contributed by atoms with Crippen LogP contribution >= 0.6 is 0 Å². The zero-order valence-electron chi connectivity index (χ0n) is 26.4. The fraction of sp³-hybridized carbons (Fsp3) is 0.500. The number of halogens is 3. The van der Waals surface area contributed by atoms with Gasteiger partial charge in [-0.2, -0.15) is 0 Å². The lowest BCUT2D eigenvalue weighted by molar-refractivity contribution is -0.274. The van der Waals surface area contributed by atoms with E-state index in [0.717, 1.165) is 31.1 Å². The van der Waals surface area contributed by atoms with E-state index in [2.05, 4.69) is 20.7 Å². The highest BCUT2D eigenvalue weighted by Crippen LogP contribution is 2.22. The van der Waals surface area contributed by atoms with Crippen LogP contribution in [-0.2, 0) is 32.1 Å². The Morgan fingerprint density at radius 1 is 0.911 bits per heavy atom. The fourth-order valence-electron chi connectivity index (χ4n) is 3.06. The number of alkyl halides is 3. The molecule has 0 bridgehead atoms. The summed E-state index contributed by atoms with van der Waals surface area (Å²) in [7, 11) is 1.00. The standard InChI is InChI=1S/C25H30F3N3O5.C3H6O.C2H6.CH4O.CH4/c1-24(2,3)36-23(34)30-16-21(32)31-20(14-11-17-7-5-4-6-8-17)22(33)29-15-18-9-12-19(13-10-18)35-25(26,27)28;1-2-3-4;2*1-2;/h4-10,12-13,20H,11,14-16H2,1-3H3,(H,29,33)(H,30,34)(H,31,32);3H,2H2,1H3;1-2H3;2H,1H3;1H4. The summed E-state index contributed by atoms with van der Waals surface area (Å²) in [5.41, 5.74) is 0.782. The van der Waals surface area contributed by atoms with Gasteiger partial charge >= 0.3 is 12.5 Å². The lowest BCUT2D eigenvalue weighted by Crippen LogP contribution is -2.49. The quantitative estimate of drug-likeness (QED) is 0.229. The zero-order chi connectivity index (χ0) is 34.2. The first kappa shape index (κ1) is 45.3. The molecule has 0 fully saturated rings. The maximum absolute atomic E-state index is 12.8. The number of alkyl carbamates (subject to hydrolysis) is 1. The summed E-state index contributed by atoms with van der Waals surface area (Å²) >= 11 is 0. The van der Waals surface area contributed by atoms with Gasteiger partial charge in [0, 0.05) is 20.1 Å². The number of carbonyl (C=O) groups is 4. The van der Waals surface area contributed by atoms with E-state index in [1.54, 1.807) is 20.8 Å². The molecule has 2 aromatic rings. The minimum absolute atomic E-state index is 0. The highest BCUT2D eigenvalue weighted by atomic mass is 19.4. The van der Waals surface area contributed by atoms with Gasteiger partial charge in [0.2, 0.25) is 11.8 Å². The number of aldehydes is 1. The molecule has 1 unspecified atom stereocenters. The Kier molecular flexibility index (Phi) is 25.4. The van der Waals surface area contributed by atoms with E-state index in [1.165, 1.54) is 12.1 Å². The molecule has 0 aliphatic rings. The van der Waals surface area contributed by atoms with Crippen molar-refractivity contribution >= 4 is 24.2 Å². The minimum atomic E-state index is -4.79. The summed E-state index contributed by atoms with van der Waals surface area (Å²) in [5, 5.41) is 14.6. The number of nitrogens with one attached hydrogen (secondary N) is 3. The number of hydrogen-bond acceptors (Lipinski definition) is 7. The van der Waals surface area contributed by atoms with E-state index in [9.17, 15) is 32.3 Å². The average Bonchev–Trinajstić information content (AvgIpc) is 2.98. The summed E-state index contributed by atoms with van der Waals surface area (Å²) in [6.07, 6.45) is -3.26. The Bertz CT molecular complexity index is 1080. The van der Waals surface area contributed by atoms with Gasteiger partial charge in [0.25, 0.3) is 0 Å². The SMILES string of the molecule is C.CC.CC(C)(C)OC(=O)NCC(=O)NC(CCc1ccccc1)C(=O)NCc1ccc(OC(F)(F)F)cc1.CCC=O.CO. The molecular weight excluding hydrogens is 595 g/mol. The Balaban J connectivity index is -0.00000178. The van der Waals surface area contributed by atoms with Crippen molar-refractivity contribution in [3.8, 4) is 5.75 Å². The van der Waals surface area contributed by atoms with E-state index < -0.39 is 35.9 Å². The number of benzene rings is 2. The second-order valence-electron chi connectivity index (χ2n) is 9.48. The highest BCUT2D eigenvalue weighted by molar-refractivity contribution is 5.89. The molecule has 0 spiro atoms. The number of aryl methyl sites for hydroxylation is 1. The smallest absolute Gasteiger partial charge is 0.444 e. The van der Waals surface area contributed by atoms with Crippen molar-refractivity contribution in [2.24, 2.45) is 0 Å². The van der Waals surface area contributed by atoms with Gasteiger partial charge < -0.3 is 35.3 Å². The van der Waals surface area contributed by atoms with E-state index >= 15 is 0 Å². The zero-order valence-corrected chi connectivity index (χ0v) is 26.4. The van der Waals surface area contributed by atoms with Crippen molar-refractivity contribution in [3.05, 3.63) is 65.7 Å². The van der Waals surface area contributed by atoms with Crippen LogP contribution < -0.4 is 20.7 Å². The van der Waals surface area contributed by atoms with Crippen molar-refractivity contribution in [1.82, 2.24) is 16.0 Å². The van der Waals surface area contributed by atoms with Crippen LogP contribution in [0.2, 0.25) is 0 Å². The Morgan fingerprint density at radius 3 is 1.91 bits per heavy atom. The van der Waals surface area contributed by atoms with E-state index in [1.807, 2.05) is 51.1 Å². The van der Waals surface area contributed by atoms with Gasteiger partial charge in [0.05, 0.1) is 0 Å². The number of ether oxygens (including phenoxy) is 2. The first-order chi connectivity index (χ1) is 20.7. The second-order valence-corrected chi connectivity index (χ2v) is 9.48. The van der Waals surface area contributed by atoms with Gasteiger partial charge in [0.1, 0.15) is 30.2 Å². The number of amides is 3. The van der Waals surface area contributed by atoms with Gasteiger partial charge in [-0.05, 0) is 56.9 Å². The minimum Gasteiger partial charge on any atom is -0.444 e. The third-order valence-corrected chi connectivity index (χ3v) is 4.80. The summed E-state index contributed by atoms with van der Waals surface area (Å²) in [6, 6.07) is 13.5. The van der Waals surface area contributed by atoms with Gasteiger partial charge in [-0.3, -0.25) is 9.59 Å². The Morgan fingerprint density at radius 2 is 1.44 bits per heavy atom. The molecule has 3 amide bonds. The van der Waals surface area contributed by atoms with Crippen LogP contribution in [0.3, 0.4) is 0 Å². The van der Waals surface area contributed by atoms with Gasteiger partial charge in [0.15, 0.2) is 0 Å². The van der Waals surface area contributed by atoms with Crippen LogP contribution in [0, 0.1) is 0 Å². The summed E-state index contributed by atoms with van der Waals surface area (Å²) < 4.78 is 45.9. The third kappa shape index (κ3) is 25.0. The van der Waals surface area contributed by atoms with E-state index in [-0.39, 0.29) is 32.7 Å². The fourth-order valence-corrected chi connectivity index (χ4v) is 3.06. The summed E-state index contributed by atoms with van der Waals surface area (Å²) in [5.74, 6) is -1.43. The van der Waals surface area contributed by atoms with Crippen molar-refractivity contribution < 1.29 is 46.9 Å². The molecule has 256 valence electrons. The molecule has 0 radical (unpaired) electrons. The molecule has 0 aromatic heterocycles. The molecule has 2 aromatic carbocycles. The summed E-state index contributed by atoms with van der Waals surface area (Å²) in [6.45, 7) is 10.5. The maximum atomic E-state index is 12.8. The van der Waals surface area contributed by atoms with Gasteiger partial charge in [-0.1, -0.05) is 70.7 Å². The van der Waals surface area contributed by atoms with Crippen LogP contribution in [0.5, 0.6) is 5.75 Å². The Hall–Kier alpha value is -4.13. The number of rotatable bonds is 11. The molecule has 4 N–H and O–H groups in total. The molecular formula is C32H50F3N3O7. The molecule has 0 heterocycles. The van der Waals surface area contributed by atoms with Crippen LogP contribution in [0.25, 0.3) is 0 Å². The highest BCUT2D eigenvalue weighted by Gasteiger charge is 2.31. The molecule has 0 aliphatic heterocycles. The Labute approximate surface area is 265 Å². The van der Waals surface area contributed by atoms with E-state index in [4.69, 9.17) is 9.84 Å². The van der Waals surface area contributed by atoms with Crippen molar-refractivity contribution in [3.63, 3.8) is 0 Å². The molecule has 45 heavy (non-hydrogen) atoms. The van der Waals surface area contributed by atoms with Gasteiger partial charge in [-0.25, -0.2) is 4.79 Å². The molecule has 1 atom stereocenters. The largest absolute Gasteiger partial charge is 0.573 e. The number of carbonyl (C=O) groups excluding carboxylic acids is 4. The van der Waals surface area contributed by atoms with Crippen LogP contribution in [0.1, 0.15) is 72.9 Å². The lowest BCUT2D eigenvalue weighted by atomic mass is 10.0. The first-order valence-corrected chi connectivity index (χ1v) is 14.0. The molecule has 0 saturated carbocycles. The van der Waals surface area contributed by atoms with Crippen molar-refractivity contribution in [1.29, 1.82) is 0 Å². The number of aliphatic hydroxyl groups excluding tert-OH is 1. The molecule has 0 saturated heterocycles. The molecule has 10 nitrogen and oxygen atoms in total. The third-order valence-electron chi connectivity index (χ3n) is 4.80. The maximum Gasteiger partial charge on any atom is 0.573 e. The summed E-state index contributed by atoms with van der Waals surface area (Å²) in [4.78, 5) is 46.2. The normalized spacial score (nSPS) is 10.6. The predicted octanol–water partition coefficient (Wildman–Crippen LogP) is 5.71.